The molecule has 10 nitrogen and oxygen atoms in total. The smallest absolute Gasteiger partial charge is 0.419 e. The van der Waals surface area contributed by atoms with Gasteiger partial charge in [-0.1, -0.05) is 19.8 Å². The predicted molar refractivity (Wildman–Crippen MR) is 158 cm³/mol. The molecule has 2 fully saturated rings. The van der Waals surface area contributed by atoms with Crippen LogP contribution >= 0.6 is 0 Å². The fraction of sp³-hybridized carbons (Fsp3) is 0.621. The molecule has 1 saturated carbocycles. The Morgan fingerprint density at radius 2 is 1.86 bits per heavy atom. The molecule has 0 spiro atoms. The number of sulfonamides is 1. The van der Waals surface area contributed by atoms with Crippen molar-refractivity contribution in [2.45, 2.75) is 70.1 Å². The zero-order chi connectivity index (χ0) is 31.4. The van der Waals surface area contributed by atoms with Crippen LogP contribution in [0.2, 0.25) is 0 Å². The van der Waals surface area contributed by atoms with Crippen molar-refractivity contribution in [1.82, 2.24) is 24.5 Å². The van der Waals surface area contributed by atoms with E-state index in [0.717, 1.165) is 51.2 Å². The van der Waals surface area contributed by atoms with Gasteiger partial charge in [0.15, 0.2) is 0 Å². The number of hydrogen-bond acceptors (Lipinski definition) is 8. The number of likely N-dealkylation sites (tertiary alicyclic amines) is 1. The van der Waals surface area contributed by atoms with E-state index in [1.165, 1.54) is 11.4 Å². The third-order valence-electron chi connectivity index (χ3n) is 8.37. The molecule has 1 aliphatic heterocycles. The molecule has 1 saturated heterocycles. The minimum atomic E-state index is -4.68. The molecule has 43 heavy (non-hydrogen) atoms. The van der Waals surface area contributed by atoms with E-state index < -0.39 is 27.8 Å². The standard InChI is InChI=1S/C29H41F3N6O4S/c1-5-38(43(4,40)41)25-9-7-6-8-19(25)16-24-22(29(30,31)32)18-33-28(36-24)35-23-11-10-20(17-26(23)42-3)27(39)34-21-12-14-37(2)15-13-21/h10-11,17-19,21,25H,5-9,12-16H2,1-4H3,(H,34,39)(H,33,35,36)/t19-,25+/m0/s1. The molecule has 2 N–H and O–H groups in total. The Kier molecular flexibility index (Phi) is 10.5. The Balaban J connectivity index is 1.57. The maximum absolute atomic E-state index is 14.0. The third kappa shape index (κ3) is 8.36. The van der Waals surface area contributed by atoms with E-state index in [-0.39, 0.29) is 42.5 Å². The first-order chi connectivity index (χ1) is 20.3. The molecule has 1 aromatic carbocycles. The van der Waals surface area contributed by atoms with Gasteiger partial charge in [0.1, 0.15) is 5.75 Å². The summed E-state index contributed by atoms with van der Waals surface area (Å²) in [5, 5.41) is 6.00. The molecule has 0 bridgehead atoms. The highest BCUT2D eigenvalue weighted by Crippen LogP contribution is 2.37. The van der Waals surface area contributed by atoms with Crippen molar-refractivity contribution in [1.29, 1.82) is 0 Å². The van der Waals surface area contributed by atoms with E-state index in [0.29, 0.717) is 29.8 Å². The van der Waals surface area contributed by atoms with Crippen LogP contribution in [-0.2, 0) is 22.6 Å². The molecule has 4 rings (SSSR count). The summed E-state index contributed by atoms with van der Waals surface area (Å²) in [6.45, 7) is 3.79. The molecule has 0 unspecified atom stereocenters. The lowest BCUT2D eigenvalue weighted by atomic mass is 9.81. The number of nitrogens with zero attached hydrogens (tertiary/aromatic N) is 4. The van der Waals surface area contributed by atoms with Crippen molar-refractivity contribution < 1.29 is 31.1 Å². The first-order valence-electron chi connectivity index (χ1n) is 14.6. The Morgan fingerprint density at radius 1 is 1.16 bits per heavy atom. The van der Waals surface area contributed by atoms with Gasteiger partial charge in [-0.2, -0.15) is 17.5 Å². The van der Waals surface area contributed by atoms with Crippen LogP contribution in [0.25, 0.3) is 0 Å². The lowest BCUT2D eigenvalue weighted by Crippen LogP contribution is -2.46. The first-order valence-corrected chi connectivity index (χ1v) is 16.5. The van der Waals surface area contributed by atoms with E-state index in [1.807, 2.05) is 7.05 Å². The minimum Gasteiger partial charge on any atom is -0.495 e. The van der Waals surface area contributed by atoms with Crippen LogP contribution in [0.1, 0.15) is 67.1 Å². The van der Waals surface area contributed by atoms with Gasteiger partial charge < -0.3 is 20.3 Å². The average Bonchev–Trinajstić information content (AvgIpc) is 2.94. The molecular formula is C29H41F3N6O4S. The quantitative estimate of drug-likeness (QED) is 0.398. The molecule has 2 aliphatic rings. The number of carbonyl (C=O) groups excluding carboxylic acids is 1. The first kappa shape index (κ1) is 32.9. The summed E-state index contributed by atoms with van der Waals surface area (Å²) in [5.74, 6) is -0.318. The number of nitrogens with one attached hydrogen (secondary N) is 2. The largest absolute Gasteiger partial charge is 0.495 e. The summed E-state index contributed by atoms with van der Waals surface area (Å²) in [5.41, 5.74) is -0.365. The van der Waals surface area contributed by atoms with E-state index in [1.54, 1.807) is 25.1 Å². The molecule has 2 atom stereocenters. The SMILES string of the molecule is CCN([C@@H]1CCCC[C@H]1Cc1nc(Nc2ccc(C(=O)NC3CCN(C)CC3)cc2OC)ncc1C(F)(F)F)S(C)(=O)=O. The van der Waals surface area contributed by atoms with Gasteiger partial charge in [-0.3, -0.25) is 4.79 Å². The van der Waals surface area contributed by atoms with Crippen LogP contribution in [0.5, 0.6) is 5.75 Å². The number of benzene rings is 1. The van der Waals surface area contributed by atoms with Gasteiger partial charge in [-0.25, -0.2) is 18.4 Å². The molecule has 1 aromatic heterocycles. The lowest BCUT2D eigenvalue weighted by Gasteiger charge is -2.38. The number of methoxy groups -OCH3 is 1. The summed E-state index contributed by atoms with van der Waals surface area (Å²) in [6.07, 6.45) is 1.66. The van der Waals surface area contributed by atoms with Crippen molar-refractivity contribution in [3.05, 3.63) is 41.2 Å². The summed E-state index contributed by atoms with van der Waals surface area (Å²) in [7, 11) is -0.0552. The summed E-state index contributed by atoms with van der Waals surface area (Å²) < 4.78 is 73.9. The molecule has 2 heterocycles. The fourth-order valence-corrected chi connectivity index (χ4v) is 7.35. The molecule has 1 aliphatic carbocycles. The Labute approximate surface area is 251 Å². The molecule has 1 amide bonds. The molecular weight excluding hydrogens is 585 g/mol. The molecule has 2 aromatic rings. The Hall–Kier alpha value is -2.97. The normalized spacial score (nSPS) is 20.7. The van der Waals surface area contributed by atoms with Crippen molar-refractivity contribution in [2.75, 3.05) is 45.4 Å². The van der Waals surface area contributed by atoms with Gasteiger partial charge in [-0.15, -0.1) is 0 Å². The van der Waals surface area contributed by atoms with E-state index in [9.17, 15) is 26.4 Å². The predicted octanol–water partition coefficient (Wildman–Crippen LogP) is 4.45. The summed E-state index contributed by atoms with van der Waals surface area (Å²) in [6, 6.07) is 4.45. The number of halogens is 3. The number of amides is 1. The van der Waals surface area contributed by atoms with Crippen molar-refractivity contribution in [3.63, 3.8) is 0 Å². The van der Waals surface area contributed by atoms with Gasteiger partial charge in [-0.05, 0) is 76.4 Å². The second-order valence-electron chi connectivity index (χ2n) is 11.4. The highest BCUT2D eigenvalue weighted by Gasteiger charge is 2.39. The molecule has 14 heteroatoms. The minimum absolute atomic E-state index is 0.0457. The van der Waals surface area contributed by atoms with Gasteiger partial charge in [0, 0.05) is 30.4 Å². The van der Waals surface area contributed by atoms with Crippen molar-refractivity contribution >= 4 is 27.6 Å². The lowest BCUT2D eigenvalue weighted by molar-refractivity contribution is -0.138. The number of carbonyl (C=O) groups is 1. The van der Waals surface area contributed by atoms with Gasteiger partial charge in [0.05, 0.1) is 30.3 Å². The van der Waals surface area contributed by atoms with Gasteiger partial charge in [0.2, 0.25) is 16.0 Å². The number of anilines is 2. The third-order valence-corrected chi connectivity index (χ3v) is 9.75. The van der Waals surface area contributed by atoms with Crippen LogP contribution in [0.4, 0.5) is 24.8 Å². The number of rotatable bonds is 10. The highest BCUT2D eigenvalue weighted by atomic mass is 32.2. The zero-order valence-electron chi connectivity index (χ0n) is 25.1. The number of alkyl halides is 3. The van der Waals surface area contributed by atoms with E-state index >= 15 is 0 Å². The number of aromatic nitrogens is 2. The van der Waals surface area contributed by atoms with Crippen LogP contribution in [-0.4, -0.2) is 85.6 Å². The van der Waals surface area contributed by atoms with Crippen LogP contribution in [0.15, 0.2) is 24.4 Å². The molecule has 238 valence electrons. The van der Waals surface area contributed by atoms with Crippen LogP contribution in [0.3, 0.4) is 0 Å². The summed E-state index contributed by atoms with van der Waals surface area (Å²) >= 11 is 0. The number of hydrogen-bond donors (Lipinski definition) is 2. The maximum atomic E-state index is 14.0. The monoisotopic (exact) mass is 626 g/mol. The average molecular weight is 627 g/mol. The van der Waals surface area contributed by atoms with Gasteiger partial charge >= 0.3 is 6.18 Å². The van der Waals surface area contributed by atoms with Crippen LogP contribution < -0.4 is 15.4 Å². The van der Waals surface area contributed by atoms with E-state index in [2.05, 4.69) is 25.5 Å². The second kappa shape index (κ2) is 13.8. The summed E-state index contributed by atoms with van der Waals surface area (Å²) in [4.78, 5) is 23.3. The van der Waals surface area contributed by atoms with Crippen molar-refractivity contribution in [2.24, 2.45) is 5.92 Å². The van der Waals surface area contributed by atoms with E-state index in [4.69, 9.17) is 4.74 Å². The Morgan fingerprint density at radius 3 is 2.49 bits per heavy atom. The van der Waals surface area contributed by atoms with Crippen molar-refractivity contribution in [3.8, 4) is 5.75 Å². The Bertz CT molecular complexity index is 1380. The second-order valence-corrected chi connectivity index (χ2v) is 13.4. The number of piperidine rings is 1. The zero-order valence-corrected chi connectivity index (χ0v) is 25.9. The fourth-order valence-electron chi connectivity index (χ4n) is 6.12. The topological polar surface area (TPSA) is 117 Å². The number of ether oxygens (including phenoxy) is 1. The molecule has 0 radical (unpaired) electrons. The van der Waals surface area contributed by atoms with Gasteiger partial charge in [0.25, 0.3) is 5.91 Å². The maximum Gasteiger partial charge on any atom is 0.419 e. The van der Waals surface area contributed by atoms with Crippen LogP contribution in [0, 0.1) is 5.92 Å². The highest BCUT2D eigenvalue weighted by molar-refractivity contribution is 7.88.